The predicted octanol–water partition coefficient (Wildman–Crippen LogP) is 5.22. The molecule has 0 N–H and O–H groups in total. The number of oxime groups is 1. The second-order valence-electron chi connectivity index (χ2n) is 9.22. The summed E-state index contributed by atoms with van der Waals surface area (Å²) in [6.45, 7) is 1.87. The molecule has 0 aliphatic carbocycles. The number of methoxy groups -OCH3 is 3. The molecule has 1 aliphatic rings. The predicted molar refractivity (Wildman–Crippen MR) is 141 cm³/mol. The highest BCUT2D eigenvalue weighted by Gasteiger charge is 2.47. The van der Waals surface area contributed by atoms with Crippen LogP contribution in [0.3, 0.4) is 0 Å². The molecule has 40 heavy (non-hydrogen) atoms. The third kappa shape index (κ3) is 5.61. The molecule has 1 fully saturated rings. The van der Waals surface area contributed by atoms with E-state index in [9.17, 15) is 13.2 Å². The number of nitrogens with zero attached hydrogens (tertiary/aromatic N) is 3. The highest BCUT2D eigenvalue weighted by Crippen LogP contribution is 2.30. The standard InChI is InChI=1S/C28H28F3N3O6/c1-16-24(35-2)25(36-3)26(37-4)27(38-16)40-33-14-17-5-11-21-18(13-17)6-12-22-23(21)32-15-34(22)19-7-9-20(10-8-19)39-28(29,30)31/h5-16,24-27H,1-4H3/t16-,24-,25+,26+,27-/m0/s1. The number of rotatable bonds is 8. The molecule has 212 valence electrons. The van der Waals surface area contributed by atoms with Gasteiger partial charge in [-0.1, -0.05) is 23.4 Å². The maximum Gasteiger partial charge on any atom is 0.573 e. The van der Waals surface area contributed by atoms with Gasteiger partial charge in [0.15, 0.2) is 6.10 Å². The minimum Gasteiger partial charge on any atom is -0.406 e. The number of hydrogen-bond acceptors (Lipinski definition) is 8. The molecule has 0 bridgehead atoms. The van der Waals surface area contributed by atoms with Crippen molar-refractivity contribution in [2.75, 3.05) is 21.3 Å². The van der Waals surface area contributed by atoms with Crippen LogP contribution < -0.4 is 4.74 Å². The van der Waals surface area contributed by atoms with E-state index in [1.807, 2.05) is 37.3 Å². The molecule has 1 aliphatic heterocycles. The summed E-state index contributed by atoms with van der Waals surface area (Å²) in [7, 11) is 4.72. The van der Waals surface area contributed by atoms with Crippen molar-refractivity contribution in [3.63, 3.8) is 0 Å². The topological polar surface area (TPSA) is 85.6 Å². The van der Waals surface area contributed by atoms with Gasteiger partial charge in [-0.2, -0.15) is 0 Å². The van der Waals surface area contributed by atoms with E-state index in [1.165, 1.54) is 12.1 Å². The van der Waals surface area contributed by atoms with Crippen LogP contribution in [0.25, 0.3) is 27.5 Å². The van der Waals surface area contributed by atoms with Gasteiger partial charge in [0.2, 0.25) is 0 Å². The first kappa shape index (κ1) is 27.8. The monoisotopic (exact) mass is 559 g/mol. The lowest BCUT2D eigenvalue weighted by atomic mass is 9.99. The minimum atomic E-state index is -4.74. The van der Waals surface area contributed by atoms with E-state index in [4.69, 9.17) is 23.8 Å². The summed E-state index contributed by atoms with van der Waals surface area (Å²) < 4.78 is 65.8. The fourth-order valence-electron chi connectivity index (χ4n) is 4.97. The van der Waals surface area contributed by atoms with Crippen molar-refractivity contribution in [2.24, 2.45) is 5.16 Å². The van der Waals surface area contributed by atoms with Crippen molar-refractivity contribution >= 4 is 28.0 Å². The van der Waals surface area contributed by atoms with E-state index < -0.39 is 24.9 Å². The van der Waals surface area contributed by atoms with Crippen LogP contribution >= 0.6 is 0 Å². The van der Waals surface area contributed by atoms with E-state index in [0.717, 1.165) is 27.4 Å². The number of aromatic nitrogens is 2. The van der Waals surface area contributed by atoms with E-state index in [-0.39, 0.29) is 18.0 Å². The lowest BCUT2D eigenvalue weighted by Crippen LogP contribution is -2.59. The first-order valence-electron chi connectivity index (χ1n) is 12.4. The molecule has 12 heteroatoms. The van der Waals surface area contributed by atoms with Crippen molar-refractivity contribution < 1.29 is 41.7 Å². The normalized spacial score (nSPS) is 23.7. The van der Waals surface area contributed by atoms with Crippen LogP contribution in [0.1, 0.15) is 12.5 Å². The number of fused-ring (bicyclic) bond motifs is 3. The highest BCUT2D eigenvalue weighted by atomic mass is 19.4. The average molecular weight is 560 g/mol. The zero-order chi connectivity index (χ0) is 28.4. The summed E-state index contributed by atoms with van der Waals surface area (Å²) in [5, 5.41) is 5.97. The van der Waals surface area contributed by atoms with Gasteiger partial charge >= 0.3 is 6.36 Å². The maximum atomic E-state index is 12.5. The molecule has 5 rings (SSSR count). The largest absolute Gasteiger partial charge is 0.573 e. The third-order valence-corrected chi connectivity index (χ3v) is 6.81. The van der Waals surface area contributed by atoms with Crippen molar-refractivity contribution in [1.29, 1.82) is 0 Å². The fourth-order valence-corrected chi connectivity index (χ4v) is 4.97. The van der Waals surface area contributed by atoms with E-state index >= 15 is 0 Å². The molecule has 0 unspecified atom stereocenters. The molecule has 4 aromatic rings. The van der Waals surface area contributed by atoms with E-state index in [0.29, 0.717) is 5.69 Å². The molecule has 0 amide bonds. The lowest BCUT2D eigenvalue weighted by molar-refractivity contribution is -0.305. The van der Waals surface area contributed by atoms with Crippen molar-refractivity contribution in [1.82, 2.24) is 9.55 Å². The van der Waals surface area contributed by atoms with Gasteiger partial charge in [0.25, 0.3) is 6.29 Å². The maximum absolute atomic E-state index is 12.5. The van der Waals surface area contributed by atoms with Gasteiger partial charge in [-0.25, -0.2) is 4.98 Å². The van der Waals surface area contributed by atoms with Gasteiger partial charge < -0.3 is 28.5 Å². The molecule has 1 aromatic heterocycles. The zero-order valence-corrected chi connectivity index (χ0v) is 22.2. The number of alkyl halides is 3. The van der Waals surface area contributed by atoms with Crippen LogP contribution in [0.4, 0.5) is 13.2 Å². The Labute approximate surface area is 228 Å². The van der Waals surface area contributed by atoms with Crippen LogP contribution in [0, 0.1) is 0 Å². The Balaban J connectivity index is 1.33. The summed E-state index contributed by atoms with van der Waals surface area (Å²) in [5.41, 5.74) is 3.00. The molecule has 0 saturated carbocycles. The Morgan fingerprint density at radius 2 is 1.65 bits per heavy atom. The second kappa shape index (κ2) is 11.4. The SMILES string of the molecule is CO[C@@H]1[C@@H](OC)[C@H](C)O[C@@H](ON=Cc2ccc3c(ccc4c3ncn4-c3ccc(OC(F)(F)F)cc3)c2)[C@@H]1OC. The summed E-state index contributed by atoms with van der Waals surface area (Å²) in [5.74, 6) is -0.288. The van der Waals surface area contributed by atoms with Gasteiger partial charge in [0.1, 0.15) is 24.3 Å². The Morgan fingerprint density at radius 3 is 2.33 bits per heavy atom. The number of hydrogen-bond donors (Lipinski definition) is 0. The van der Waals surface area contributed by atoms with E-state index in [2.05, 4.69) is 14.9 Å². The Kier molecular flexibility index (Phi) is 7.95. The molecule has 2 heterocycles. The number of imidazole rings is 1. The van der Waals surface area contributed by atoms with Crippen LogP contribution in [0.15, 0.2) is 66.1 Å². The molecule has 0 radical (unpaired) electrons. The molecule has 0 spiro atoms. The van der Waals surface area contributed by atoms with Gasteiger partial charge in [0, 0.05) is 32.4 Å². The Hall–Kier alpha value is -3.71. The molecule has 9 nitrogen and oxygen atoms in total. The molecular weight excluding hydrogens is 531 g/mol. The Bertz CT molecular complexity index is 1490. The van der Waals surface area contributed by atoms with Crippen LogP contribution in [0.2, 0.25) is 0 Å². The summed E-state index contributed by atoms with van der Waals surface area (Å²) >= 11 is 0. The van der Waals surface area contributed by atoms with Gasteiger partial charge in [-0.3, -0.25) is 4.57 Å². The summed E-state index contributed by atoms with van der Waals surface area (Å²) in [4.78, 5) is 10.2. The molecule has 1 saturated heterocycles. The quantitative estimate of drug-likeness (QED) is 0.216. The average Bonchev–Trinajstić information content (AvgIpc) is 3.36. The highest BCUT2D eigenvalue weighted by molar-refractivity contribution is 6.06. The number of ether oxygens (including phenoxy) is 5. The molecule has 3 aromatic carbocycles. The zero-order valence-electron chi connectivity index (χ0n) is 22.2. The third-order valence-electron chi connectivity index (χ3n) is 6.81. The number of benzene rings is 3. The van der Waals surface area contributed by atoms with Crippen molar-refractivity contribution in [3.05, 3.63) is 66.5 Å². The number of halogens is 3. The van der Waals surface area contributed by atoms with Crippen LogP contribution in [0.5, 0.6) is 5.75 Å². The minimum absolute atomic E-state index is 0.288. The van der Waals surface area contributed by atoms with Crippen LogP contribution in [-0.2, 0) is 23.8 Å². The smallest absolute Gasteiger partial charge is 0.406 e. The molecular formula is C28H28F3N3O6. The van der Waals surface area contributed by atoms with Crippen LogP contribution in [-0.4, -0.2) is 74.2 Å². The second-order valence-corrected chi connectivity index (χ2v) is 9.22. The first-order chi connectivity index (χ1) is 19.2. The first-order valence-corrected chi connectivity index (χ1v) is 12.4. The van der Waals surface area contributed by atoms with Gasteiger partial charge in [0.05, 0.1) is 23.4 Å². The van der Waals surface area contributed by atoms with Crippen molar-refractivity contribution in [2.45, 2.75) is 44.0 Å². The summed E-state index contributed by atoms with van der Waals surface area (Å²) in [6.07, 6.45) is -3.87. The Morgan fingerprint density at radius 1 is 0.925 bits per heavy atom. The van der Waals surface area contributed by atoms with E-state index in [1.54, 1.807) is 50.6 Å². The van der Waals surface area contributed by atoms with Gasteiger partial charge in [-0.15, -0.1) is 13.2 Å². The van der Waals surface area contributed by atoms with Gasteiger partial charge in [-0.05, 0) is 54.3 Å². The lowest BCUT2D eigenvalue weighted by Gasteiger charge is -2.42. The summed E-state index contributed by atoms with van der Waals surface area (Å²) in [6, 6.07) is 15.2. The fraction of sp³-hybridized carbons (Fsp3) is 0.357. The van der Waals surface area contributed by atoms with Crippen molar-refractivity contribution in [3.8, 4) is 11.4 Å². The molecule has 5 atom stereocenters.